The van der Waals surface area contributed by atoms with E-state index in [9.17, 15) is 0 Å². The third kappa shape index (κ3) is 5.94. The lowest BCUT2D eigenvalue weighted by Gasteiger charge is -2.40. The van der Waals surface area contributed by atoms with Crippen LogP contribution in [0.5, 0.6) is 51.7 Å². The summed E-state index contributed by atoms with van der Waals surface area (Å²) < 4.78 is 47.8. The zero-order valence-electron chi connectivity index (χ0n) is 31.1. The number of fused-ring (bicyclic) bond motifs is 3. The summed E-state index contributed by atoms with van der Waals surface area (Å²) in [6.07, 6.45) is 3.42. The Hall–Kier alpha value is -4.80. The van der Waals surface area contributed by atoms with Gasteiger partial charge >= 0.3 is 0 Å². The van der Waals surface area contributed by atoms with Crippen molar-refractivity contribution in [3.8, 4) is 62.9 Å². The Balaban J connectivity index is 1.30. The normalized spacial score (nSPS) is 17.8. The molecule has 2 aliphatic heterocycles. The zero-order valence-corrected chi connectivity index (χ0v) is 31.1. The third-order valence-electron chi connectivity index (χ3n) is 10.9. The Bertz CT molecular complexity index is 1960. The van der Waals surface area contributed by atoms with Gasteiger partial charge in [-0.2, -0.15) is 0 Å². The van der Waals surface area contributed by atoms with Crippen molar-refractivity contribution < 1.29 is 37.9 Å². The Kier molecular flexibility index (Phi) is 9.56. The van der Waals surface area contributed by atoms with Crippen LogP contribution in [-0.2, 0) is 25.7 Å². The van der Waals surface area contributed by atoms with Gasteiger partial charge in [-0.25, -0.2) is 0 Å². The van der Waals surface area contributed by atoms with Gasteiger partial charge in [-0.1, -0.05) is 0 Å². The Labute approximate surface area is 300 Å². The van der Waals surface area contributed by atoms with Gasteiger partial charge in [0.25, 0.3) is 0 Å². The molecule has 4 aromatic rings. The molecule has 0 saturated heterocycles. The van der Waals surface area contributed by atoms with Crippen molar-refractivity contribution in [2.75, 3.05) is 77.0 Å². The highest BCUT2D eigenvalue weighted by atomic mass is 16.5. The van der Waals surface area contributed by atoms with E-state index in [2.05, 4.69) is 54.2 Å². The van der Waals surface area contributed by atoms with Crippen LogP contribution >= 0.6 is 0 Å². The van der Waals surface area contributed by atoms with Gasteiger partial charge in [0.05, 0.1) is 49.8 Å². The lowest BCUT2D eigenvalue weighted by atomic mass is 9.76. The summed E-state index contributed by atoms with van der Waals surface area (Å²) in [6.45, 7) is 1.89. The van der Waals surface area contributed by atoms with Crippen molar-refractivity contribution in [3.05, 3.63) is 75.8 Å². The molecule has 7 rings (SSSR count). The van der Waals surface area contributed by atoms with Gasteiger partial charge in [0.1, 0.15) is 0 Å². The smallest absolute Gasteiger partial charge is 0.203 e. The van der Waals surface area contributed by atoms with Crippen LogP contribution in [0, 0.1) is 0 Å². The van der Waals surface area contributed by atoms with Crippen molar-refractivity contribution in [1.29, 1.82) is 0 Å². The summed E-state index contributed by atoms with van der Waals surface area (Å²) in [5.74, 6) is 5.78. The Morgan fingerprint density at radius 2 is 1.12 bits per heavy atom. The molecule has 0 fully saturated rings. The Morgan fingerprint density at radius 1 is 0.549 bits per heavy atom. The molecule has 1 aliphatic carbocycles. The van der Waals surface area contributed by atoms with Crippen LogP contribution in [0.1, 0.15) is 45.5 Å². The van der Waals surface area contributed by atoms with Crippen LogP contribution in [-0.4, -0.2) is 86.8 Å². The van der Waals surface area contributed by atoms with Gasteiger partial charge in [-0.3, -0.25) is 9.80 Å². The predicted octanol–water partition coefficient (Wildman–Crippen LogP) is 7.06. The van der Waals surface area contributed by atoms with E-state index in [1.165, 1.54) is 22.3 Å². The summed E-state index contributed by atoms with van der Waals surface area (Å²) in [5, 5.41) is 0. The fraction of sp³-hybridized carbons (Fsp3) is 0.415. The second kappa shape index (κ2) is 14.1. The molecule has 270 valence electrons. The van der Waals surface area contributed by atoms with Gasteiger partial charge < -0.3 is 37.9 Å². The van der Waals surface area contributed by atoms with Crippen LogP contribution in [0.15, 0.2) is 42.5 Å². The minimum atomic E-state index is 0.0993. The molecule has 2 atom stereocenters. The number of likely N-dealkylation sites (N-methyl/N-ethyl adjacent to an activating group) is 2. The maximum absolute atomic E-state index is 6.80. The number of nitrogens with zero attached hydrogens (tertiary/aromatic N) is 2. The second-order valence-corrected chi connectivity index (χ2v) is 13.5. The van der Waals surface area contributed by atoms with E-state index < -0.39 is 0 Å². The first-order valence-electron chi connectivity index (χ1n) is 17.3. The molecule has 0 bridgehead atoms. The molecule has 2 unspecified atom stereocenters. The lowest BCUT2D eigenvalue weighted by molar-refractivity contribution is 0.226. The van der Waals surface area contributed by atoms with Gasteiger partial charge in [-0.15, -0.1) is 0 Å². The van der Waals surface area contributed by atoms with E-state index in [1.807, 2.05) is 12.1 Å². The van der Waals surface area contributed by atoms with E-state index >= 15 is 0 Å². The number of rotatable bonds is 11. The molecule has 0 spiro atoms. The van der Waals surface area contributed by atoms with Crippen molar-refractivity contribution >= 4 is 0 Å². The van der Waals surface area contributed by atoms with E-state index in [0.717, 1.165) is 77.6 Å². The number of hydrogen-bond donors (Lipinski definition) is 0. The Morgan fingerprint density at radius 3 is 1.80 bits per heavy atom. The average Bonchev–Trinajstić information content (AvgIpc) is 3.15. The molecular weight excluding hydrogens is 648 g/mol. The van der Waals surface area contributed by atoms with Crippen molar-refractivity contribution in [2.45, 2.75) is 37.8 Å². The van der Waals surface area contributed by atoms with E-state index in [4.69, 9.17) is 37.9 Å². The molecule has 4 aromatic carbocycles. The molecular formula is C41H48N2O8. The maximum Gasteiger partial charge on any atom is 0.203 e. The summed E-state index contributed by atoms with van der Waals surface area (Å²) in [7, 11) is 16.1. The second-order valence-electron chi connectivity index (χ2n) is 13.5. The number of hydrogen-bond acceptors (Lipinski definition) is 10. The van der Waals surface area contributed by atoms with Gasteiger partial charge in [0.15, 0.2) is 46.0 Å². The van der Waals surface area contributed by atoms with Crippen LogP contribution in [0.25, 0.3) is 11.1 Å². The quantitative estimate of drug-likeness (QED) is 0.163. The largest absolute Gasteiger partial charge is 0.493 e. The van der Waals surface area contributed by atoms with E-state index in [0.29, 0.717) is 35.2 Å². The molecule has 10 heteroatoms. The molecule has 0 radical (unpaired) electrons. The van der Waals surface area contributed by atoms with Gasteiger partial charge in [-0.05, 0) is 121 Å². The van der Waals surface area contributed by atoms with Crippen molar-refractivity contribution in [3.63, 3.8) is 0 Å². The van der Waals surface area contributed by atoms with E-state index in [-0.39, 0.29) is 12.1 Å². The lowest BCUT2D eigenvalue weighted by Crippen LogP contribution is -2.35. The van der Waals surface area contributed by atoms with Crippen molar-refractivity contribution in [1.82, 2.24) is 9.80 Å². The van der Waals surface area contributed by atoms with Crippen LogP contribution < -0.4 is 37.9 Å². The summed E-state index contributed by atoms with van der Waals surface area (Å²) >= 11 is 0. The molecule has 3 aliphatic rings. The number of methoxy groups -OCH3 is 7. The van der Waals surface area contributed by atoms with Gasteiger partial charge in [0.2, 0.25) is 5.75 Å². The number of benzene rings is 4. The average molecular weight is 697 g/mol. The monoisotopic (exact) mass is 696 g/mol. The summed E-state index contributed by atoms with van der Waals surface area (Å²) in [4.78, 5) is 4.81. The molecule has 10 nitrogen and oxygen atoms in total. The summed E-state index contributed by atoms with van der Waals surface area (Å²) in [5.41, 5.74) is 9.38. The first-order chi connectivity index (χ1) is 24.8. The summed E-state index contributed by atoms with van der Waals surface area (Å²) in [6, 6.07) is 14.9. The highest BCUT2D eigenvalue weighted by Crippen LogP contribution is 2.55. The van der Waals surface area contributed by atoms with Crippen LogP contribution in [0.2, 0.25) is 0 Å². The third-order valence-corrected chi connectivity index (χ3v) is 10.9. The predicted molar refractivity (Wildman–Crippen MR) is 196 cm³/mol. The molecule has 0 saturated carbocycles. The molecule has 51 heavy (non-hydrogen) atoms. The zero-order chi connectivity index (χ0) is 36.0. The maximum atomic E-state index is 6.80. The topological polar surface area (TPSA) is 80.3 Å². The molecule has 0 N–H and O–H groups in total. The molecule has 2 heterocycles. The fourth-order valence-electron chi connectivity index (χ4n) is 8.24. The standard InChI is InChI=1S/C41H48N2O8/c1-42-12-10-24-18-31(44-3)32(45-4)21-27(24)29(42)14-23-15-35(47-6)40(49-8)37(16-23)51-34-20-26-17-30-38-25(11-13-43(30)2)19-36(48-7)41(50-9)39(38)28(26)22-33(34)46-5/h15-16,18-22,29-30H,10-14,17H2,1-9H3. The SMILES string of the molecule is COc1cc2c(cc1OC)C(Cc1cc(OC)c(OC)c(Oc3cc4c(cc3OC)-c3c(OC)c(OC)cc5c3C(C4)N(C)CC5)c1)N(C)CC2. The van der Waals surface area contributed by atoms with Crippen molar-refractivity contribution in [2.24, 2.45) is 0 Å². The first kappa shape index (κ1) is 34.6. The van der Waals surface area contributed by atoms with Gasteiger partial charge in [0, 0.05) is 30.7 Å². The molecule has 0 aromatic heterocycles. The minimum absolute atomic E-state index is 0.0993. The minimum Gasteiger partial charge on any atom is -0.493 e. The fourth-order valence-corrected chi connectivity index (χ4v) is 8.24. The van der Waals surface area contributed by atoms with Crippen LogP contribution in [0.3, 0.4) is 0 Å². The van der Waals surface area contributed by atoms with Crippen LogP contribution in [0.4, 0.5) is 0 Å². The highest BCUT2D eigenvalue weighted by molar-refractivity contribution is 5.85. The molecule has 0 amide bonds. The van der Waals surface area contributed by atoms with E-state index in [1.54, 1.807) is 49.8 Å². The first-order valence-corrected chi connectivity index (χ1v) is 17.3. The highest BCUT2D eigenvalue weighted by Gasteiger charge is 2.37. The number of ether oxygens (including phenoxy) is 8.